The van der Waals surface area contributed by atoms with Gasteiger partial charge in [0.1, 0.15) is 0 Å². The number of likely N-dealkylation sites (tertiary alicyclic amines) is 1. The number of amides is 2. The SMILES string of the molecule is Cc1ccc(NC(=O)C(=O)NCC2CCN(CCc3ccccc3)CC2)cc1C. The number of carbonyl (C=O) groups excluding carboxylic acids is 2. The third kappa shape index (κ3) is 6.43. The molecule has 154 valence electrons. The van der Waals surface area contributed by atoms with E-state index in [9.17, 15) is 9.59 Å². The van der Waals surface area contributed by atoms with Gasteiger partial charge in [-0.05, 0) is 80.9 Å². The Balaban J connectivity index is 1.35. The van der Waals surface area contributed by atoms with Crippen LogP contribution in [-0.2, 0) is 16.0 Å². The zero-order chi connectivity index (χ0) is 20.6. The van der Waals surface area contributed by atoms with E-state index in [0.29, 0.717) is 18.2 Å². The Bertz CT molecular complexity index is 827. The molecule has 0 bridgehead atoms. The van der Waals surface area contributed by atoms with E-state index in [4.69, 9.17) is 0 Å². The maximum absolute atomic E-state index is 12.1. The second kappa shape index (κ2) is 10.2. The van der Waals surface area contributed by atoms with Gasteiger partial charge in [-0.1, -0.05) is 36.4 Å². The lowest BCUT2D eigenvalue weighted by Crippen LogP contribution is -2.42. The molecule has 0 atom stereocenters. The summed E-state index contributed by atoms with van der Waals surface area (Å²) in [6.07, 6.45) is 3.17. The lowest BCUT2D eigenvalue weighted by atomic mass is 9.96. The van der Waals surface area contributed by atoms with E-state index >= 15 is 0 Å². The van der Waals surface area contributed by atoms with Crippen molar-refractivity contribution in [1.29, 1.82) is 0 Å². The lowest BCUT2D eigenvalue weighted by molar-refractivity contribution is -0.136. The second-order valence-corrected chi connectivity index (χ2v) is 7.98. The van der Waals surface area contributed by atoms with Crippen LogP contribution in [-0.4, -0.2) is 42.9 Å². The van der Waals surface area contributed by atoms with Crippen molar-refractivity contribution in [3.63, 3.8) is 0 Å². The van der Waals surface area contributed by atoms with Crippen molar-refractivity contribution in [2.45, 2.75) is 33.1 Å². The van der Waals surface area contributed by atoms with Crippen LogP contribution >= 0.6 is 0 Å². The van der Waals surface area contributed by atoms with E-state index in [1.54, 1.807) is 0 Å². The van der Waals surface area contributed by atoms with Crippen LogP contribution in [0.4, 0.5) is 5.69 Å². The Labute approximate surface area is 173 Å². The smallest absolute Gasteiger partial charge is 0.313 e. The van der Waals surface area contributed by atoms with E-state index in [2.05, 4.69) is 39.8 Å². The van der Waals surface area contributed by atoms with Crippen molar-refractivity contribution in [1.82, 2.24) is 10.2 Å². The molecule has 0 unspecified atom stereocenters. The first kappa shape index (κ1) is 21.1. The fraction of sp³-hybridized carbons (Fsp3) is 0.417. The second-order valence-electron chi connectivity index (χ2n) is 7.98. The molecule has 2 N–H and O–H groups in total. The van der Waals surface area contributed by atoms with Crippen LogP contribution in [0.2, 0.25) is 0 Å². The van der Waals surface area contributed by atoms with Crippen LogP contribution in [0.15, 0.2) is 48.5 Å². The first-order chi connectivity index (χ1) is 14.0. The number of piperidine rings is 1. The monoisotopic (exact) mass is 393 g/mol. The molecule has 0 aromatic heterocycles. The predicted molar refractivity (Wildman–Crippen MR) is 117 cm³/mol. The maximum Gasteiger partial charge on any atom is 0.313 e. The van der Waals surface area contributed by atoms with Crippen molar-refractivity contribution < 1.29 is 9.59 Å². The highest BCUT2D eigenvalue weighted by Crippen LogP contribution is 2.17. The molecule has 0 radical (unpaired) electrons. The third-order valence-corrected chi connectivity index (χ3v) is 5.79. The fourth-order valence-corrected chi connectivity index (χ4v) is 3.67. The Hall–Kier alpha value is -2.66. The zero-order valence-electron chi connectivity index (χ0n) is 17.4. The summed E-state index contributed by atoms with van der Waals surface area (Å²) in [5, 5.41) is 5.48. The number of nitrogens with one attached hydrogen (secondary N) is 2. The largest absolute Gasteiger partial charge is 0.348 e. The lowest BCUT2D eigenvalue weighted by Gasteiger charge is -2.32. The number of carbonyl (C=O) groups is 2. The highest BCUT2D eigenvalue weighted by atomic mass is 16.2. The molecule has 1 heterocycles. The van der Waals surface area contributed by atoms with Gasteiger partial charge < -0.3 is 15.5 Å². The summed E-state index contributed by atoms with van der Waals surface area (Å²) in [5.74, 6) is -0.732. The van der Waals surface area contributed by atoms with Crippen LogP contribution in [0.25, 0.3) is 0 Å². The number of hydrogen-bond acceptors (Lipinski definition) is 3. The van der Waals surface area contributed by atoms with Gasteiger partial charge in [0, 0.05) is 18.8 Å². The first-order valence-electron chi connectivity index (χ1n) is 10.4. The molecule has 29 heavy (non-hydrogen) atoms. The Morgan fingerprint density at radius 2 is 1.69 bits per heavy atom. The number of rotatable bonds is 6. The highest BCUT2D eigenvalue weighted by molar-refractivity contribution is 6.39. The topological polar surface area (TPSA) is 61.4 Å². The quantitative estimate of drug-likeness (QED) is 0.740. The van der Waals surface area contributed by atoms with Crippen molar-refractivity contribution in [2.24, 2.45) is 5.92 Å². The number of aryl methyl sites for hydroxylation is 2. The third-order valence-electron chi connectivity index (χ3n) is 5.79. The van der Waals surface area contributed by atoms with Gasteiger partial charge in [-0.25, -0.2) is 0 Å². The van der Waals surface area contributed by atoms with Crippen LogP contribution in [0, 0.1) is 19.8 Å². The average Bonchev–Trinajstić information content (AvgIpc) is 2.74. The Kier molecular flexibility index (Phi) is 7.42. The van der Waals surface area contributed by atoms with E-state index in [1.165, 1.54) is 5.56 Å². The molecule has 0 saturated carbocycles. The molecule has 5 nitrogen and oxygen atoms in total. The molecule has 2 aromatic rings. The average molecular weight is 394 g/mol. The summed E-state index contributed by atoms with van der Waals surface area (Å²) >= 11 is 0. The normalized spacial score (nSPS) is 15.1. The Morgan fingerprint density at radius 1 is 0.966 bits per heavy atom. The summed E-state index contributed by atoms with van der Waals surface area (Å²) < 4.78 is 0. The highest BCUT2D eigenvalue weighted by Gasteiger charge is 2.21. The number of nitrogens with zero attached hydrogens (tertiary/aromatic N) is 1. The summed E-state index contributed by atoms with van der Waals surface area (Å²) in [6, 6.07) is 16.2. The van der Waals surface area contributed by atoms with E-state index in [1.807, 2.05) is 38.1 Å². The van der Waals surface area contributed by atoms with Crippen LogP contribution in [0.5, 0.6) is 0 Å². The van der Waals surface area contributed by atoms with Crippen molar-refractivity contribution in [3.05, 3.63) is 65.2 Å². The first-order valence-corrected chi connectivity index (χ1v) is 10.4. The van der Waals surface area contributed by atoms with Gasteiger partial charge in [0.05, 0.1) is 0 Å². The number of anilines is 1. The molecule has 3 rings (SSSR count). The molecular formula is C24H31N3O2. The number of hydrogen-bond donors (Lipinski definition) is 2. The van der Waals surface area contributed by atoms with E-state index < -0.39 is 11.8 Å². The molecule has 2 aromatic carbocycles. The molecule has 0 spiro atoms. The van der Waals surface area contributed by atoms with Crippen LogP contribution in [0.3, 0.4) is 0 Å². The molecule has 5 heteroatoms. The molecule has 1 saturated heterocycles. The fourth-order valence-electron chi connectivity index (χ4n) is 3.67. The minimum absolute atomic E-state index is 0.432. The van der Waals surface area contributed by atoms with Gasteiger partial charge in [0.15, 0.2) is 0 Å². The zero-order valence-corrected chi connectivity index (χ0v) is 17.4. The standard InChI is InChI=1S/C24H31N3O2/c1-18-8-9-22(16-19(18)2)26-24(29)23(28)25-17-21-11-14-27(15-12-21)13-10-20-6-4-3-5-7-20/h3-9,16,21H,10-15,17H2,1-2H3,(H,25,28)(H,26,29). The van der Waals surface area contributed by atoms with Crippen molar-refractivity contribution in [2.75, 3.05) is 31.5 Å². The van der Waals surface area contributed by atoms with Gasteiger partial charge in [-0.15, -0.1) is 0 Å². The molecule has 1 aliphatic heterocycles. The summed E-state index contributed by atoms with van der Waals surface area (Å²) in [6.45, 7) is 7.72. The summed E-state index contributed by atoms with van der Waals surface area (Å²) in [5.41, 5.74) is 4.27. The molecule has 1 aliphatic rings. The van der Waals surface area contributed by atoms with Gasteiger partial charge >= 0.3 is 11.8 Å². The van der Waals surface area contributed by atoms with Crippen molar-refractivity contribution in [3.8, 4) is 0 Å². The Morgan fingerprint density at radius 3 is 2.38 bits per heavy atom. The van der Waals surface area contributed by atoms with Gasteiger partial charge in [-0.3, -0.25) is 9.59 Å². The van der Waals surface area contributed by atoms with Crippen molar-refractivity contribution >= 4 is 17.5 Å². The van der Waals surface area contributed by atoms with Gasteiger partial charge in [-0.2, -0.15) is 0 Å². The summed E-state index contributed by atoms with van der Waals surface area (Å²) in [7, 11) is 0. The number of benzene rings is 2. The molecule has 1 fully saturated rings. The van der Waals surface area contributed by atoms with Gasteiger partial charge in [0.2, 0.25) is 0 Å². The van der Waals surface area contributed by atoms with Crippen LogP contribution in [0.1, 0.15) is 29.5 Å². The maximum atomic E-state index is 12.1. The van der Waals surface area contributed by atoms with E-state index in [0.717, 1.165) is 50.0 Å². The predicted octanol–water partition coefficient (Wildman–Crippen LogP) is 3.31. The molecule has 2 amide bonds. The van der Waals surface area contributed by atoms with Gasteiger partial charge in [0.25, 0.3) is 0 Å². The summed E-state index contributed by atoms with van der Waals surface area (Å²) in [4.78, 5) is 26.7. The minimum atomic E-state index is -0.603. The van der Waals surface area contributed by atoms with Crippen LogP contribution < -0.4 is 10.6 Å². The molecule has 0 aliphatic carbocycles. The van der Waals surface area contributed by atoms with E-state index in [-0.39, 0.29) is 0 Å². The minimum Gasteiger partial charge on any atom is -0.348 e. The molecular weight excluding hydrogens is 362 g/mol.